The van der Waals surface area contributed by atoms with Gasteiger partial charge in [0.2, 0.25) is 0 Å². The lowest BCUT2D eigenvalue weighted by Crippen LogP contribution is -2.25. The first-order valence-corrected chi connectivity index (χ1v) is 12.2. The Balaban J connectivity index is 1.37. The Hall–Kier alpha value is -1.34. The highest BCUT2D eigenvalue weighted by atomic mass is 16.5. The van der Waals surface area contributed by atoms with Gasteiger partial charge in [-0.15, -0.1) is 6.58 Å². The second kappa shape index (κ2) is 12.4. The minimum absolute atomic E-state index is 0.737. The van der Waals surface area contributed by atoms with E-state index in [1.54, 1.807) is 5.56 Å². The molecule has 1 nitrogen and oxygen atoms in total. The van der Waals surface area contributed by atoms with Gasteiger partial charge in [0.05, 0.1) is 6.61 Å². The molecule has 0 heterocycles. The molecule has 0 bridgehead atoms. The molecule has 0 spiro atoms. The summed E-state index contributed by atoms with van der Waals surface area (Å²) in [5.74, 6) is 3.75. The van der Waals surface area contributed by atoms with E-state index >= 15 is 0 Å². The molecule has 0 saturated heterocycles. The Labute approximate surface area is 179 Å². The highest BCUT2D eigenvalue weighted by molar-refractivity contribution is 5.25. The summed E-state index contributed by atoms with van der Waals surface area (Å²) in [5, 5.41) is 0. The van der Waals surface area contributed by atoms with Crippen molar-refractivity contribution in [3.8, 4) is 0 Å². The van der Waals surface area contributed by atoms with Crippen LogP contribution in [-0.2, 0) is 11.3 Å². The number of rotatable bonds is 10. The van der Waals surface area contributed by atoms with Crippen molar-refractivity contribution in [3.63, 3.8) is 0 Å². The monoisotopic (exact) mass is 394 g/mol. The van der Waals surface area contributed by atoms with E-state index in [4.69, 9.17) is 4.74 Å². The van der Waals surface area contributed by atoms with Crippen LogP contribution < -0.4 is 0 Å². The maximum Gasteiger partial charge on any atom is 0.0716 e. The first-order valence-electron chi connectivity index (χ1n) is 12.2. The van der Waals surface area contributed by atoms with Gasteiger partial charge < -0.3 is 4.74 Å². The van der Waals surface area contributed by atoms with Gasteiger partial charge in [0.15, 0.2) is 0 Å². The number of hydrogen-bond donors (Lipinski definition) is 0. The van der Waals surface area contributed by atoms with E-state index in [-0.39, 0.29) is 0 Å². The van der Waals surface area contributed by atoms with Gasteiger partial charge >= 0.3 is 0 Å². The fraction of sp³-hybridized carbons (Fsp3) is 0.643. The fourth-order valence-corrected chi connectivity index (χ4v) is 5.55. The summed E-state index contributed by atoms with van der Waals surface area (Å²) < 4.78 is 5.77. The van der Waals surface area contributed by atoms with Gasteiger partial charge in [0.1, 0.15) is 0 Å². The van der Waals surface area contributed by atoms with E-state index in [1.165, 1.54) is 63.4 Å². The highest BCUT2D eigenvalue weighted by Crippen LogP contribution is 2.44. The summed E-state index contributed by atoms with van der Waals surface area (Å²) in [5.41, 5.74) is 2.85. The molecule has 3 rings (SSSR count). The molecule has 0 N–H and O–H groups in total. The third-order valence-electron chi connectivity index (χ3n) is 7.45. The van der Waals surface area contributed by atoms with E-state index < -0.39 is 0 Å². The second-order valence-electron chi connectivity index (χ2n) is 9.42. The molecular formula is C28H42O. The summed E-state index contributed by atoms with van der Waals surface area (Å²) in [6, 6.07) is 9.28. The molecule has 2 aliphatic carbocycles. The van der Waals surface area contributed by atoms with Crippen molar-refractivity contribution in [2.45, 2.75) is 90.1 Å². The van der Waals surface area contributed by atoms with Crippen LogP contribution in [0.2, 0.25) is 0 Å². The van der Waals surface area contributed by atoms with E-state index in [2.05, 4.69) is 49.9 Å². The Morgan fingerprint density at radius 1 is 0.931 bits per heavy atom. The van der Waals surface area contributed by atoms with Crippen molar-refractivity contribution < 1.29 is 4.74 Å². The van der Waals surface area contributed by atoms with Crippen molar-refractivity contribution in [1.82, 2.24) is 0 Å². The first-order chi connectivity index (χ1) is 14.3. The van der Waals surface area contributed by atoms with Crippen molar-refractivity contribution in [2.24, 2.45) is 17.8 Å². The third-order valence-corrected chi connectivity index (χ3v) is 7.45. The minimum atomic E-state index is 0.737. The molecule has 0 atom stereocenters. The van der Waals surface area contributed by atoms with Crippen LogP contribution in [-0.4, -0.2) is 6.61 Å². The zero-order valence-electron chi connectivity index (χ0n) is 18.7. The van der Waals surface area contributed by atoms with Crippen LogP contribution in [0.3, 0.4) is 0 Å². The standard InChI is InChI=1S/C28H42O/c1-3-5-7-21-29-22-24-11-15-26(16-12-24)28-19-17-27(18-20-28)25-13-9-23(10-14-25)8-6-4-2/h3-4,6,11-12,15-16,23,25,27-28H,1,5,7-10,13-14,17-22H2,2H3/b6-4+/t23-,25-,27?,28?. The van der Waals surface area contributed by atoms with Crippen LogP contribution in [0, 0.1) is 17.8 Å². The molecule has 2 saturated carbocycles. The van der Waals surface area contributed by atoms with E-state index in [0.717, 1.165) is 49.7 Å². The van der Waals surface area contributed by atoms with Gasteiger partial charge in [-0.3, -0.25) is 0 Å². The SMILES string of the molecule is C=CCCCOCc1ccc(C2CCC([C@H]3CC[C@H](C/C=C/C)CC3)CC2)cc1. The minimum Gasteiger partial charge on any atom is -0.377 e. The second-order valence-corrected chi connectivity index (χ2v) is 9.42. The summed E-state index contributed by atoms with van der Waals surface area (Å²) in [6.07, 6.45) is 21.5. The number of unbranched alkanes of at least 4 members (excludes halogenated alkanes) is 1. The molecule has 1 aromatic rings. The molecule has 0 unspecified atom stereocenters. The Morgan fingerprint density at radius 2 is 1.59 bits per heavy atom. The molecule has 2 fully saturated rings. The van der Waals surface area contributed by atoms with Crippen molar-refractivity contribution in [2.75, 3.05) is 6.61 Å². The molecule has 0 aromatic heterocycles. The fourth-order valence-electron chi connectivity index (χ4n) is 5.55. The Bertz CT molecular complexity index is 598. The van der Waals surface area contributed by atoms with Crippen LogP contribution >= 0.6 is 0 Å². The lowest BCUT2D eigenvalue weighted by molar-refractivity contribution is 0.119. The average Bonchev–Trinajstić information content (AvgIpc) is 2.78. The van der Waals surface area contributed by atoms with Crippen LogP contribution in [0.5, 0.6) is 0 Å². The molecule has 1 aromatic carbocycles. The van der Waals surface area contributed by atoms with Crippen molar-refractivity contribution >= 4 is 0 Å². The van der Waals surface area contributed by atoms with Gasteiger partial charge in [-0.2, -0.15) is 0 Å². The van der Waals surface area contributed by atoms with E-state index in [0.29, 0.717) is 0 Å². The first kappa shape index (κ1) is 22.3. The summed E-state index contributed by atoms with van der Waals surface area (Å²) in [6.45, 7) is 7.47. The van der Waals surface area contributed by atoms with Gasteiger partial charge in [-0.25, -0.2) is 0 Å². The molecular weight excluding hydrogens is 352 g/mol. The maximum atomic E-state index is 5.77. The molecule has 160 valence electrons. The summed E-state index contributed by atoms with van der Waals surface area (Å²) in [7, 11) is 0. The summed E-state index contributed by atoms with van der Waals surface area (Å²) in [4.78, 5) is 0. The highest BCUT2D eigenvalue weighted by Gasteiger charge is 2.30. The van der Waals surface area contributed by atoms with Gasteiger partial charge in [-0.05, 0) is 112 Å². The van der Waals surface area contributed by atoms with Gasteiger partial charge in [0.25, 0.3) is 0 Å². The molecule has 29 heavy (non-hydrogen) atoms. The summed E-state index contributed by atoms with van der Waals surface area (Å²) >= 11 is 0. The average molecular weight is 395 g/mol. The molecule has 2 aliphatic rings. The molecule has 0 radical (unpaired) electrons. The number of benzene rings is 1. The van der Waals surface area contributed by atoms with Crippen LogP contribution in [0.1, 0.15) is 94.6 Å². The predicted molar refractivity (Wildman–Crippen MR) is 125 cm³/mol. The Morgan fingerprint density at radius 3 is 2.21 bits per heavy atom. The lowest BCUT2D eigenvalue weighted by atomic mass is 9.68. The van der Waals surface area contributed by atoms with Crippen molar-refractivity contribution in [1.29, 1.82) is 0 Å². The number of ether oxygens (including phenoxy) is 1. The number of hydrogen-bond acceptors (Lipinski definition) is 1. The zero-order valence-corrected chi connectivity index (χ0v) is 18.7. The van der Waals surface area contributed by atoms with Crippen LogP contribution in [0.25, 0.3) is 0 Å². The third kappa shape index (κ3) is 7.14. The van der Waals surface area contributed by atoms with Crippen LogP contribution in [0.15, 0.2) is 49.1 Å². The Kier molecular flexibility index (Phi) is 9.54. The molecule has 1 heteroatoms. The molecule has 0 amide bonds. The number of allylic oxidation sites excluding steroid dienone is 3. The van der Waals surface area contributed by atoms with E-state index in [9.17, 15) is 0 Å². The molecule has 0 aliphatic heterocycles. The predicted octanol–water partition coefficient (Wildman–Crippen LogP) is 8.22. The zero-order chi connectivity index (χ0) is 20.3. The topological polar surface area (TPSA) is 9.23 Å². The van der Waals surface area contributed by atoms with Gasteiger partial charge in [0, 0.05) is 6.61 Å². The lowest BCUT2D eigenvalue weighted by Gasteiger charge is -2.38. The quantitative estimate of drug-likeness (QED) is 0.287. The van der Waals surface area contributed by atoms with E-state index in [1.807, 2.05) is 6.08 Å². The maximum absolute atomic E-state index is 5.77. The van der Waals surface area contributed by atoms with Crippen LogP contribution in [0.4, 0.5) is 0 Å². The van der Waals surface area contributed by atoms with Gasteiger partial charge in [-0.1, -0.05) is 42.5 Å². The smallest absolute Gasteiger partial charge is 0.0716 e. The largest absolute Gasteiger partial charge is 0.377 e. The normalized spacial score (nSPS) is 27.9. The van der Waals surface area contributed by atoms with Crippen molar-refractivity contribution in [3.05, 3.63) is 60.2 Å².